The van der Waals surface area contributed by atoms with Crippen molar-refractivity contribution in [2.24, 2.45) is 17.8 Å². The minimum atomic E-state index is -1.02. The molecule has 1 aromatic carbocycles. The van der Waals surface area contributed by atoms with Crippen LogP contribution in [0, 0.1) is 17.8 Å². The molecule has 1 aromatic rings. The number of carboxylic acid groups (broad SMARTS) is 1. The molecule has 4 atom stereocenters. The standard InChI is InChI=1S/C19H23NO4/c21-17(10-15-8-11-1-2-12(15)7-11)20-18(19(22)23)14-3-4-16-13(9-14)5-6-24-16/h3-4,9,11-12,15,18H,1-2,5-8,10H2,(H,20,21)(H,22,23). The molecular formula is C19H23NO4. The molecule has 1 aliphatic heterocycles. The summed E-state index contributed by atoms with van der Waals surface area (Å²) >= 11 is 0. The minimum absolute atomic E-state index is 0.142. The molecule has 2 saturated carbocycles. The minimum Gasteiger partial charge on any atom is -0.493 e. The van der Waals surface area contributed by atoms with E-state index in [0.29, 0.717) is 30.4 Å². The fourth-order valence-corrected chi connectivity index (χ4v) is 4.76. The highest BCUT2D eigenvalue weighted by Gasteiger charge is 2.40. The molecule has 4 rings (SSSR count). The van der Waals surface area contributed by atoms with Gasteiger partial charge >= 0.3 is 5.97 Å². The summed E-state index contributed by atoms with van der Waals surface area (Å²) in [6.45, 7) is 0.632. The van der Waals surface area contributed by atoms with Gasteiger partial charge in [0.2, 0.25) is 5.91 Å². The fraction of sp³-hybridized carbons (Fsp3) is 0.579. The van der Waals surface area contributed by atoms with Crippen LogP contribution >= 0.6 is 0 Å². The number of ether oxygens (including phenoxy) is 1. The van der Waals surface area contributed by atoms with Crippen molar-refractivity contribution in [3.63, 3.8) is 0 Å². The second-order valence-corrected chi connectivity index (χ2v) is 7.44. The Labute approximate surface area is 141 Å². The predicted octanol–water partition coefficient (Wildman–Crippen LogP) is 2.69. The van der Waals surface area contributed by atoms with Gasteiger partial charge in [0.25, 0.3) is 0 Å². The normalized spacial score (nSPS) is 28.2. The third kappa shape index (κ3) is 2.87. The van der Waals surface area contributed by atoms with Gasteiger partial charge in [0, 0.05) is 12.8 Å². The summed E-state index contributed by atoms with van der Waals surface area (Å²) < 4.78 is 5.46. The average molecular weight is 329 g/mol. The number of carboxylic acids is 1. The van der Waals surface area contributed by atoms with Gasteiger partial charge in [-0.15, -0.1) is 0 Å². The van der Waals surface area contributed by atoms with Crippen LogP contribution < -0.4 is 10.1 Å². The summed E-state index contributed by atoms with van der Waals surface area (Å²) in [5.41, 5.74) is 1.63. The molecule has 1 amide bonds. The van der Waals surface area contributed by atoms with Crippen LogP contribution in [0.25, 0.3) is 0 Å². The zero-order chi connectivity index (χ0) is 16.7. The van der Waals surface area contributed by atoms with Crippen LogP contribution in [0.15, 0.2) is 18.2 Å². The molecule has 0 spiro atoms. The van der Waals surface area contributed by atoms with Gasteiger partial charge in [-0.05, 0) is 60.3 Å². The summed E-state index contributed by atoms with van der Waals surface area (Å²) in [6.07, 6.45) is 6.16. The summed E-state index contributed by atoms with van der Waals surface area (Å²) in [7, 11) is 0. The smallest absolute Gasteiger partial charge is 0.330 e. The number of carbonyl (C=O) groups is 2. The third-order valence-corrected chi connectivity index (χ3v) is 5.93. The van der Waals surface area contributed by atoms with Crippen LogP contribution in [-0.2, 0) is 16.0 Å². The first-order valence-corrected chi connectivity index (χ1v) is 8.88. The quantitative estimate of drug-likeness (QED) is 0.871. The molecule has 0 aromatic heterocycles. The Hall–Kier alpha value is -2.04. The van der Waals surface area contributed by atoms with E-state index in [0.717, 1.165) is 30.1 Å². The Kier molecular flexibility index (Phi) is 3.94. The Morgan fingerprint density at radius 1 is 1.29 bits per heavy atom. The van der Waals surface area contributed by atoms with Crippen LogP contribution in [0.5, 0.6) is 5.75 Å². The predicted molar refractivity (Wildman–Crippen MR) is 87.7 cm³/mol. The van der Waals surface area contributed by atoms with Crippen molar-refractivity contribution in [2.75, 3.05) is 6.61 Å². The van der Waals surface area contributed by atoms with Gasteiger partial charge in [0.1, 0.15) is 5.75 Å². The summed E-state index contributed by atoms with van der Waals surface area (Å²) in [4.78, 5) is 24.1. The van der Waals surface area contributed by atoms with Gasteiger partial charge in [-0.3, -0.25) is 4.79 Å². The molecule has 0 radical (unpaired) electrons. The number of aliphatic carboxylic acids is 1. The molecule has 1 heterocycles. The van der Waals surface area contributed by atoms with Gasteiger partial charge in [0.15, 0.2) is 6.04 Å². The van der Waals surface area contributed by atoms with Crippen LogP contribution in [0.3, 0.4) is 0 Å². The summed E-state index contributed by atoms with van der Waals surface area (Å²) in [6, 6.07) is 4.40. The molecule has 5 nitrogen and oxygen atoms in total. The Balaban J connectivity index is 1.43. The molecule has 4 unspecified atom stereocenters. The Morgan fingerprint density at radius 2 is 2.17 bits per heavy atom. The van der Waals surface area contributed by atoms with E-state index >= 15 is 0 Å². The van der Waals surface area contributed by atoms with Crippen molar-refractivity contribution in [3.8, 4) is 5.75 Å². The average Bonchev–Trinajstić information content (AvgIpc) is 3.27. The topological polar surface area (TPSA) is 75.6 Å². The third-order valence-electron chi connectivity index (χ3n) is 5.93. The number of nitrogens with one attached hydrogen (secondary N) is 1. The molecule has 3 aliphatic rings. The van der Waals surface area contributed by atoms with Crippen LogP contribution in [0.1, 0.15) is 49.3 Å². The number of hydrogen-bond donors (Lipinski definition) is 2. The number of amides is 1. The van der Waals surface area contributed by atoms with Crippen molar-refractivity contribution in [2.45, 2.75) is 44.6 Å². The highest BCUT2D eigenvalue weighted by Crippen LogP contribution is 2.49. The zero-order valence-electron chi connectivity index (χ0n) is 13.7. The Morgan fingerprint density at radius 3 is 2.88 bits per heavy atom. The second kappa shape index (κ2) is 6.11. The number of carbonyl (C=O) groups excluding carboxylic acids is 1. The van der Waals surface area contributed by atoms with Crippen molar-refractivity contribution in [3.05, 3.63) is 29.3 Å². The maximum atomic E-state index is 12.4. The van der Waals surface area contributed by atoms with Crippen LogP contribution in [0.4, 0.5) is 0 Å². The van der Waals surface area contributed by atoms with E-state index < -0.39 is 12.0 Å². The van der Waals surface area contributed by atoms with E-state index in [-0.39, 0.29) is 5.91 Å². The van der Waals surface area contributed by atoms with E-state index in [4.69, 9.17) is 4.74 Å². The highest BCUT2D eigenvalue weighted by atomic mass is 16.5. The number of rotatable bonds is 5. The van der Waals surface area contributed by atoms with Crippen molar-refractivity contribution >= 4 is 11.9 Å². The molecule has 24 heavy (non-hydrogen) atoms. The van der Waals surface area contributed by atoms with Gasteiger partial charge in [-0.2, -0.15) is 0 Å². The number of fused-ring (bicyclic) bond motifs is 3. The molecule has 5 heteroatoms. The zero-order valence-corrected chi connectivity index (χ0v) is 13.7. The summed E-state index contributed by atoms with van der Waals surface area (Å²) in [5, 5.41) is 12.3. The first-order valence-electron chi connectivity index (χ1n) is 8.88. The monoisotopic (exact) mass is 329 g/mol. The van der Waals surface area contributed by atoms with Crippen molar-refractivity contribution < 1.29 is 19.4 Å². The molecule has 2 aliphatic carbocycles. The van der Waals surface area contributed by atoms with Gasteiger partial charge < -0.3 is 15.2 Å². The lowest BCUT2D eigenvalue weighted by atomic mass is 9.86. The van der Waals surface area contributed by atoms with Crippen molar-refractivity contribution in [1.82, 2.24) is 5.32 Å². The number of hydrogen-bond acceptors (Lipinski definition) is 3. The largest absolute Gasteiger partial charge is 0.493 e. The van der Waals surface area contributed by atoms with E-state index in [9.17, 15) is 14.7 Å². The molecule has 2 bridgehead atoms. The first-order chi connectivity index (χ1) is 11.6. The maximum absolute atomic E-state index is 12.4. The Bertz CT molecular complexity index is 671. The first kappa shape index (κ1) is 15.5. The maximum Gasteiger partial charge on any atom is 0.330 e. The van der Waals surface area contributed by atoms with Gasteiger partial charge in [-0.1, -0.05) is 12.5 Å². The van der Waals surface area contributed by atoms with Crippen LogP contribution in [0.2, 0.25) is 0 Å². The molecule has 2 fully saturated rings. The lowest BCUT2D eigenvalue weighted by Crippen LogP contribution is -2.35. The van der Waals surface area contributed by atoms with Gasteiger partial charge in [0.05, 0.1) is 6.61 Å². The van der Waals surface area contributed by atoms with Gasteiger partial charge in [-0.25, -0.2) is 4.79 Å². The molecule has 0 saturated heterocycles. The van der Waals surface area contributed by atoms with E-state index in [1.807, 2.05) is 6.07 Å². The molecule has 128 valence electrons. The highest BCUT2D eigenvalue weighted by molar-refractivity contribution is 5.84. The lowest BCUT2D eigenvalue weighted by Gasteiger charge is -2.22. The molecular weight excluding hydrogens is 306 g/mol. The SMILES string of the molecule is O=C(CC1CC2CCC1C2)NC(C(=O)O)c1ccc2c(c1)CCO2. The molecule has 2 N–H and O–H groups in total. The van der Waals surface area contributed by atoms with Crippen LogP contribution in [-0.4, -0.2) is 23.6 Å². The lowest BCUT2D eigenvalue weighted by molar-refractivity contribution is -0.142. The van der Waals surface area contributed by atoms with Crippen molar-refractivity contribution in [1.29, 1.82) is 0 Å². The van der Waals surface area contributed by atoms with E-state index in [1.54, 1.807) is 12.1 Å². The van der Waals surface area contributed by atoms with E-state index in [2.05, 4.69) is 5.32 Å². The fourth-order valence-electron chi connectivity index (χ4n) is 4.76. The van der Waals surface area contributed by atoms with E-state index in [1.165, 1.54) is 19.3 Å². The summed E-state index contributed by atoms with van der Waals surface area (Å²) in [5.74, 6) is 1.55. The number of benzene rings is 1. The second-order valence-electron chi connectivity index (χ2n) is 7.44.